The van der Waals surface area contributed by atoms with E-state index in [4.69, 9.17) is 5.26 Å². The van der Waals surface area contributed by atoms with Crippen LogP contribution in [0.5, 0.6) is 0 Å². The molecule has 4 rings (SSSR count). The first-order valence-corrected chi connectivity index (χ1v) is 9.56. The van der Waals surface area contributed by atoms with E-state index in [1.54, 1.807) is 20.1 Å². The van der Waals surface area contributed by atoms with Crippen molar-refractivity contribution < 1.29 is 9.11 Å². The van der Waals surface area contributed by atoms with Crippen LogP contribution in [-0.4, -0.2) is 47.2 Å². The lowest BCUT2D eigenvalue weighted by Crippen LogP contribution is -2.43. The Hall–Kier alpha value is -2.25. The molecule has 3 N–H and O–H groups in total. The molecule has 8 nitrogen and oxygen atoms in total. The van der Waals surface area contributed by atoms with Crippen molar-refractivity contribution in [1.82, 2.24) is 19.0 Å². The number of aryl methyl sites for hydroxylation is 1. The highest BCUT2D eigenvalue weighted by Gasteiger charge is 2.38. The second kappa shape index (κ2) is 5.93. The summed E-state index contributed by atoms with van der Waals surface area (Å²) in [5, 5.41) is 13.2. The summed E-state index contributed by atoms with van der Waals surface area (Å²) in [5.74, 6) is 0. The third-order valence-electron chi connectivity index (χ3n) is 4.76. The number of nitrogens with one attached hydrogen (secondary N) is 1. The molecule has 2 aliphatic rings. The molecule has 0 bridgehead atoms. The van der Waals surface area contributed by atoms with Gasteiger partial charge < -0.3 is 4.90 Å². The van der Waals surface area contributed by atoms with Gasteiger partial charge in [0.25, 0.3) is 0 Å². The number of nitriles is 1. The zero-order chi connectivity index (χ0) is 17.6. The summed E-state index contributed by atoms with van der Waals surface area (Å²) < 4.78 is 27.5. The molecule has 1 saturated heterocycles. The molecule has 2 aliphatic heterocycles. The molecule has 0 radical (unpaired) electrons. The van der Waals surface area contributed by atoms with Gasteiger partial charge in [-0.05, 0) is 23.6 Å². The Labute approximate surface area is 147 Å². The van der Waals surface area contributed by atoms with Gasteiger partial charge in [0, 0.05) is 38.4 Å². The van der Waals surface area contributed by atoms with Crippen LogP contribution in [-0.2, 0) is 13.6 Å². The number of anilines is 1. The van der Waals surface area contributed by atoms with E-state index >= 15 is 0 Å². The standard InChI is InChI=1S/C16H20N6O2S/c1-20-8-14(7-18-20)12-2-3-13-9-22(15-4-5-21(10-15)11-17)25(23,24)19-16(13)6-12/h2-3,6-8,15,19,23-24H,4-5,9-10H2,1H3. The second-order valence-corrected chi connectivity index (χ2v) is 8.17. The van der Waals surface area contributed by atoms with Gasteiger partial charge in [-0.3, -0.25) is 18.5 Å². The number of likely N-dealkylation sites (tertiary alicyclic amines) is 1. The maximum Gasteiger partial charge on any atom is 0.179 e. The SMILES string of the molecule is Cn1cc(-c2ccc3c(c2)NS(O)(O)N(C2CCN(C#N)C2)C3)cn1. The van der Waals surface area contributed by atoms with Gasteiger partial charge in [-0.2, -0.15) is 14.7 Å². The Balaban J connectivity index is 1.62. The van der Waals surface area contributed by atoms with Crippen molar-refractivity contribution >= 4 is 16.6 Å². The van der Waals surface area contributed by atoms with Crippen LogP contribution < -0.4 is 4.72 Å². The van der Waals surface area contributed by atoms with Crippen LogP contribution >= 0.6 is 11.0 Å². The predicted molar refractivity (Wildman–Crippen MR) is 96.2 cm³/mol. The molecule has 132 valence electrons. The van der Waals surface area contributed by atoms with Crippen LogP contribution in [0.3, 0.4) is 0 Å². The highest BCUT2D eigenvalue weighted by molar-refractivity contribution is 8.23. The smallest absolute Gasteiger partial charge is 0.179 e. The van der Waals surface area contributed by atoms with Gasteiger partial charge in [0.2, 0.25) is 0 Å². The lowest BCUT2D eigenvalue weighted by atomic mass is 10.0. The van der Waals surface area contributed by atoms with Crippen LogP contribution in [0.25, 0.3) is 11.1 Å². The van der Waals surface area contributed by atoms with Crippen molar-refractivity contribution in [3.8, 4) is 17.3 Å². The number of fused-ring (bicyclic) bond motifs is 1. The van der Waals surface area contributed by atoms with E-state index in [1.807, 2.05) is 31.4 Å². The van der Waals surface area contributed by atoms with E-state index in [2.05, 4.69) is 16.0 Å². The summed E-state index contributed by atoms with van der Waals surface area (Å²) in [5.41, 5.74) is 3.69. The molecule has 2 aromatic rings. The van der Waals surface area contributed by atoms with Crippen molar-refractivity contribution in [3.63, 3.8) is 0 Å². The van der Waals surface area contributed by atoms with Gasteiger partial charge in [0.05, 0.1) is 17.9 Å². The van der Waals surface area contributed by atoms with Crippen LogP contribution in [0.4, 0.5) is 5.69 Å². The van der Waals surface area contributed by atoms with Gasteiger partial charge in [-0.25, -0.2) is 0 Å². The van der Waals surface area contributed by atoms with Gasteiger partial charge in [-0.15, -0.1) is 0 Å². The monoisotopic (exact) mass is 360 g/mol. The molecule has 0 spiro atoms. The molecule has 0 aliphatic carbocycles. The molecule has 1 fully saturated rings. The third-order valence-corrected chi connectivity index (χ3v) is 6.34. The topological polar surface area (TPSA) is 101 Å². The maximum atomic E-state index is 10.6. The summed E-state index contributed by atoms with van der Waals surface area (Å²) in [4.78, 5) is 1.65. The van der Waals surface area contributed by atoms with E-state index in [9.17, 15) is 9.11 Å². The van der Waals surface area contributed by atoms with E-state index < -0.39 is 11.0 Å². The fourth-order valence-electron chi connectivity index (χ4n) is 3.43. The minimum absolute atomic E-state index is 0.0525. The summed E-state index contributed by atoms with van der Waals surface area (Å²) in [7, 11) is -1.26. The number of nitrogens with zero attached hydrogens (tertiary/aromatic N) is 5. The molecular weight excluding hydrogens is 340 g/mol. The molecule has 0 amide bonds. The third kappa shape index (κ3) is 2.94. The van der Waals surface area contributed by atoms with Gasteiger partial charge in [-0.1, -0.05) is 23.1 Å². The lowest BCUT2D eigenvalue weighted by Gasteiger charge is -2.49. The summed E-state index contributed by atoms with van der Waals surface area (Å²) in [6, 6.07) is 5.89. The first kappa shape index (κ1) is 16.2. The van der Waals surface area contributed by atoms with Gasteiger partial charge >= 0.3 is 0 Å². The predicted octanol–water partition coefficient (Wildman–Crippen LogP) is 2.45. The zero-order valence-corrected chi connectivity index (χ0v) is 14.6. The molecule has 9 heteroatoms. The number of hydrogen-bond acceptors (Lipinski definition) is 7. The maximum absolute atomic E-state index is 10.6. The average molecular weight is 360 g/mol. The fraction of sp³-hybridized carbons (Fsp3) is 0.375. The van der Waals surface area contributed by atoms with Crippen LogP contribution in [0, 0.1) is 11.5 Å². The van der Waals surface area contributed by atoms with E-state index in [1.165, 1.54) is 0 Å². The lowest BCUT2D eigenvalue weighted by molar-refractivity contribution is 0.276. The fourth-order valence-corrected chi connectivity index (χ4v) is 4.94. The highest BCUT2D eigenvalue weighted by Crippen LogP contribution is 2.51. The normalized spacial score (nSPS) is 23.6. The Bertz CT molecular complexity index is 845. The Morgan fingerprint density at radius 3 is 2.88 bits per heavy atom. The van der Waals surface area contributed by atoms with Crippen molar-refractivity contribution in [2.75, 3.05) is 17.8 Å². The molecule has 1 aromatic heterocycles. The highest BCUT2D eigenvalue weighted by atomic mass is 32.3. The quantitative estimate of drug-likeness (QED) is 0.707. The molecule has 1 atom stereocenters. The minimum atomic E-state index is -3.12. The van der Waals surface area contributed by atoms with Crippen LogP contribution in [0.1, 0.15) is 12.0 Å². The van der Waals surface area contributed by atoms with Gasteiger partial charge in [0.15, 0.2) is 6.19 Å². The molecule has 1 aromatic carbocycles. The summed E-state index contributed by atoms with van der Waals surface area (Å²) in [6.45, 7) is 1.62. The zero-order valence-electron chi connectivity index (χ0n) is 13.8. The minimum Gasteiger partial charge on any atom is -0.309 e. The van der Waals surface area contributed by atoms with E-state index in [0.717, 1.165) is 28.8 Å². The molecule has 1 unspecified atom stereocenters. The Kier molecular flexibility index (Phi) is 3.85. The Morgan fingerprint density at radius 2 is 2.20 bits per heavy atom. The second-order valence-electron chi connectivity index (χ2n) is 6.46. The first-order valence-electron chi connectivity index (χ1n) is 8.05. The van der Waals surface area contributed by atoms with Crippen molar-refractivity contribution in [1.29, 1.82) is 5.26 Å². The van der Waals surface area contributed by atoms with E-state index in [0.29, 0.717) is 19.6 Å². The molecule has 3 heterocycles. The number of rotatable bonds is 2. The first-order chi connectivity index (χ1) is 12.0. The van der Waals surface area contributed by atoms with Crippen LogP contribution in [0.15, 0.2) is 30.6 Å². The largest absolute Gasteiger partial charge is 0.309 e. The number of aromatic nitrogens is 2. The Morgan fingerprint density at radius 1 is 1.36 bits per heavy atom. The van der Waals surface area contributed by atoms with E-state index in [-0.39, 0.29) is 6.04 Å². The summed E-state index contributed by atoms with van der Waals surface area (Å²) >= 11 is 0. The summed E-state index contributed by atoms with van der Waals surface area (Å²) in [6.07, 6.45) is 6.58. The average Bonchev–Trinajstić information content (AvgIpc) is 3.21. The van der Waals surface area contributed by atoms with Gasteiger partial charge in [0.1, 0.15) is 0 Å². The van der Waals surface area contributed by atoms with Crippen molar-refractivity contribution in [2.45, 2.75) is 19.0 Å². The number of hydrogen-bond donors (Lipinski definition) is 3. The van der Waals surface area contributed by atoms with Crippen molar-refractivity contribution in [2.24, 2.45) is 7.05 Å². The van der Waals surface area contributed by atoms with Crippen LogP contribution in [0.2, 0.25) is 0 Å². The molecule has 0 saturated carbocycles. The molecule has 25 heavy (non-hydrogen) atoms. The number of benzene rings is 1. The van der Waals surface area contributed by atoms with Crippen molar-refractivity contribution in [3.05, 3.63) is 36.2 Å². The molecular formula is C16H20N6O2S.